The molecule has 1 N–H and O–H groups in total. The Morgan fingerprint density at radius 3 is 2.62 bits per heavy atom. The second kappa shape index (κ2) is 10.2. The van der Waals surface area contributed by atoms with Gasteiger partial charge in [-0.2, -0.15) is 0 Å². The first-order valence-electron chi connectivity index (χ1n) is 8.06. The van der Waals surface area contributed by atoms with E-state index in [9.17, 15) is 4.79 Å². The predicted molar refractivity (Wildman–Crippen MR) is 107 cm³/mol. The van der Waals surface area contributed by atoms with Gasteiger partial charge < -0.3 is 19.5 Å². The highest BCUT2D eigenvalue weighted by atomic mass is 35.5. The predicted octanol–water partition coefficient (Wildman–Crippen LogP) is 4.50. The Labute approximate surface area is 163 Å². The van der Waals surface area contributed by atoms with Gasteiger partial charge in [-0.3, -0.25) is 4.79 Å². The highest BCUT2D eigenvalue weighted by Crippen LogP contribution is 2.30. The Bertz CT molecular complexity index is 741. The Hall–Kier alpha value is -2.05. The lowest BCUT2D eigenvalue weighted by Crippen LogP contribution is -2.23. The highest BCUT2D eigenvalue weighted by Gasteiger charge is 2.14. The molecule has 0 heterocycles. The molecule has 0 bridgehead atoms. The van der Waals surface area contributed by atoms with Crippen molar-refractivity contribution in [2.45, 2.75) is 12.2 Å². The molecule has 1 unspecified atom stereocenters. The molecule has 0 aromatic heterocycles. The van der Waals surface area contributed by atoms with Gasteiger partial charge in [-0.05, 0) is 37.3 Å². The zero-order chi connectivity index (χ0) is 18.9. The van der Waals surface area contributed by atoms with Gasteiger partial charge in [0.25, 0.3) is 0 Å². The van der Waals surface area contributed by atoms with Crippen molar-refractivity contribution in [3.63, 3.8) is 0 Å². The summed E-state index contributed by atoms with van der Waals surface area (Å²) in [6, 6.07) is 12.5. The number of hydrogen-bond donors (Lipinski definition) is 1. The van der Waals surface area contributed by atoms with Gasteiger partial charge in [0.15, 0.2) is 11.5 Å². The lowest BCUT2D eigenvalue weighted by atomic mass is 10.2. The van der Waals surface area contributed by atoms with Crippen LogP contribution < -0.4 is 19.5 Å². The number of nitrogens with one attached hydrogen (secondary N) is 1. The number of thioether (sulfide) groups is 1. The van der Waals surface area contributed by atoms with Crippen molar-refractivity contribution in [3.8, 4) is 17.2 Å². The largest absolute Gasteiger partial charge is 0.493 e. The number of carbonyl (C=O) groups excluding carboxylic acids is 1. The summed E-state index contributed by atoms with van der Waals surface area (Å²) >= 11 is 7.43. The summed E-state index contributed by atoms with van der Waals surface area (Å²) in [6.07, 6.45) is 0. The minimum atomic E-state index is -0.217. The van der Waals surface area contributed by atoms with E-state index in [1.807, 2.05) is 19.1 Å². The van der Waals surface area contributed by atoms with E-state index in [0.717, 1.165) is 5.75 Å². The third-order valence-electron chi connectivity index (χ3n) is 3.54. The van der Waals surface area contributed by atoms with Crippen molar-refractivity contribution < 1.29 is 19.0 Å². The van der Waals surface area contributed by atoms with Crippen LogP contribution in [-0.2, 0) is 4.79 Å². The van der Waals surface area contributed by atoms with Crippen LogP contribution in [0.3, 0.4) is 0 Å². The maximum absolute atomic E-state index is 12.3. The van der Waals surface area contributed by atoms with Gasteiger partial charge in [0, 0.05) is 22.5 Å². The van der Waals surface area contributed by atoms with Crippen LogP contribution in [0.15, 0.2) is 42.5 Å². The average molecular weight is 396 g/mol. The quantitative estimate of drug-likeness (QED) is 0.633. The molecule has 26 heavy (non-hydrogen) atoms. The first kappa shape index (κ1) is 20.3. The van der Waals surface area contributed by atoms with E-state index >= 15 is 0 Å². The molecule has 0 fully saturated rings. The SMILES string of the molecule is COc1ccc(NC(=O)C(C)SCCOc2cccc(Cl)c2)cc1OC. The van der Waals surface area contributed by atoms with Gasteiger partial charge in [0.1, 0.15) is 5.75 Å². The number of methoxy groups -OCH3 is 2. The van der Waals surface area contributed by atoms with Gasteiger partial charge in [0.2, 0.25) is 5.91 Å². The van der Waals surface area contributed by atoms with Gasteiger partial charge in [0.05, 0.1) is 26.1 Å². The lowest BCUT2D eigenvalue weighted by Gasteiger charge is -2.14. The Balaban J connectivity index is 1.78. The van der Waals surface area contributed by atoms with E-state index in [1.54, 1.807) is 44.6 Å². The minimum Gasteiger partial charge on any atom is -0.493 e. The lowest BCUT2D eigenvalue weighted by molar-refractivity contribution is -0.115. The van der Waals surface area contributed by atoms with Crippen molar-refractivity contribution in [2.75, 3.05) is 31.9 Å². The summed E-state index contributed by atoms with van der Waals surface area (Å²) in [5, 5.41) is 3.30. The van der Waals surface area contributed by atoms with Crippen LogP contribution in [0.2, 0.25) is 5.02 Å². The zero-order valence-corrected chi connectivity index (χ0v) is 16.5. The third kappa shape index (κ3) is 6.04. The summed E-state index contributed by atoms with van der Waals surface area (Å²) < 4.78 is 16.1. The molecule has 0 aliphatic carbocycles. The monoisotopic (exact) mass is 395 g/mol. The molecule has 1 amide bonds. The van der Waals surface area contributed by atoms with Crippen LogP contribution in [0, 0.1) is 0 Å². The molecular formula is C19H22ClNO4S. The van der Waals surface area contributed by atoms with E-state index in [4.69, 9.17) is 25.8 Å². The summed E-state index contributed by atoms with van der Waals surface area (Å²) in [6.45, 7) is 2.36. The van der Waals surface area contributed by atoms with Crippen LogP contribution in [0.1, 0.15) is 6.92 Å². The van der Waals surface area contributed by atoms with Crippen LogP contribution >= 0.6 is 23.4 Å². The maximum atomic E-state index is 12.3. The number of rotatable bonds is 9. The number of anilines is 1. The van der Waals surface area contributed by atoms with Crippen molar-refractivity contribution in [1.82, 2.24) is 0 Å². The number of amides is 1. The van der Waals surface area contributed by atoms with Crippen LogP contribution in [0.25, 0.3) is 0 Å². The zero-order valence-electron chi connectivity index (χ0n) is 15.0. The smallest absolute Gasteiger partial charge is 0.237 e. The molecule has 2 aromatic rings. The molecule has 7 heteroatoms. The Kier molecular flexibility index (Phi) is 7.94. The van der Waals surface area contributed by atoms with E-state index in [2.05, 4.69) is 5.32 Å². The fourth-order valence-corrected chi connectivity index (χ4v) is 3.10. The minimum absolute atomic E-state index is 0.0787. The van der Waals surface area contributed by atoms with Gasteiger partial charge in [-0.15, -0.1) is 11.8 Å². The molecule has 1 atom stereocenters. The molecule has 2 aromatic carbocycles. The second-order valence-electron chi connectivity index (χ2n) is 5.38. The number of halogens is 1. The fourth-order valence-electron chi connectivity index (χ4n) is 2.17. The summed E-state index contributed by atoms with van der Waals surface area (Å²) in [5.41, 5.74) is 0.662. The standard InChI is InChI=1S/C19H22ClNO4S/c1-13(26-10-9-25-16-6-4-5-14(20)11-16)19(22)21-15-7-8-17(23-2)18(12-15)24-3/h4-8,11-13H,9-10H2,1-3H3,(H,21,22). The van der Waals surface area contributed by atoms with Crippen molar-refractivity contribution >= 4 is 35.0 Å². The number of benzene rings is 2. The van der Waals surface area contributed by atoms with Crippen LogP contribution in [-0.4, -0.2) is 37.7 Å². The molecule has 0 radical (unpaired) electrons. The Morgan fingerprint density at radius 1 is 1.15 bits per heavy atom. The highest BCUT2D eigenvalue weighted by molar-refractivity contribution is 8.00. The molecular weight excluding hydrogens is 374 g/mol. The molecule has 0 saturated heterocycles. The fraction of sp³-hybridized carbons (Fsp3) is 0.316. The molecule has 0 saturated carbocycles. The van der Waals surface area contributed by atoms with Gasteiger partial charge >= 0.3 is 0 Å². The number of ether oxygens (including phenoxy) is 3. The third-order valence-corrected chi connectivity index (χ3v) is 4.89. The molecule has 0 aliphatic rings. The summed E-state index contributed by atoms with van der Waals surface area (Å²) in [7, 11) is 3.13. The van der Waals surface area contributed by atoms with Crippen molar-refractivity contribution in [2.24, 2.45) is 0 Å². The van der Waals surface area contributed by atoms with Crippen LogP contribution in [0.5, 0.6) is 17.2 Å². The van der Waals surface area contributed by atoms with Crippen molar-refractivity contribution in [3.05, 3.63) is 47.5 Å². The molecule has 140 valence electrons. The normalized spacial score (nSPS) is 11.5. The van der Waals surface area contributed by atoms with E-state index in [1.165, 1.54) is 11.8 Å². The maximum Gasteiger partial charge on any atom is 0.237 e. The molecule has 5 nitrogen and oxygen atoms in total. The number of hydrogen-bond acceptors (Lipinski definition) is 5. The topological polar surface area (TPSA) is 56.8 Å². The first-order chi connectivity index (χ1) is 12.5. The first-order valence-corrected chi connectivity index (χ1v) is 9.49. The summed E-state index contributed by atoms with van der Waals surface area (Å²) in [5.74, 6) is 2.52. The molecule has 0 spiro atoms. The van der Waals surface area contributed by atoms with E-state index in [0.29, 0.717) is 34.6 Å². The van der Waals surface area contributed by atoms with Gasteiger partial charge in [-0.25, -0.2) is 0 Å². The van der Waals surface area contributed by atoms with E-state index in [-0.39, 0.29) is 11.2 Å². The molecule has 2 rings (SSSR count). The van der Waals surface area contributed by atoms with E-state index < -0.39 is 0 Å². The average Bonchev–Trinajstić information content (AvgIpc) is 2.64. The second-order valence-corrected chi connectivity index (χ2v) is 7.26. The molecule has 0 aliphatic heterocycles. The van der Waals surface area contributed by atoms with Gasteiger partial charge in [-0.1, -0.05) is 17.7 Å². The van der Waals surface area contributed by atoms with Crippen LogP contribution in [0.4, 0.5) is 5.69 Å². The number of carbonyl (C=O) groups is 1. The van der Waals surface area contributed by atoms with Crippen molar-refractivity contribution in [1.29, 1.82) is 0 Å². The Morgan fingerprint density at radius 2 is 1.92 bits per heavy atom. The summed E-state index contributed by atoms with van der Waals surface area (Å²) in [4.78, 5) is 12.3.